The molecule has 5 nitrogen and oxygen atoms in total. The summed E-state index contributed by atoms with van der Waals surface area (Å²) in [5.41, 5.74) is 0.571. The molecule has 2 aromatic rings. The molecule has 0 atom stereocenters. The van der Waals surface area contributed by atoms with Gasteiger partial charge < -0.3 is 14.5 Å². The number of aromatic nitrogens is 1. The molecule has 0 spiro atoms. The number of hydrogen-bond donors (Lipinski definition) is 1. The predicted octanol–water partition coefficient (Wildman–Crippen LogP) is 3.37. The molecule has 0 aliphatic heterocycles. The van der Waals surface area contributed by atoms with Crippen LogP contribution in [0.5, 0.6) is 0 Å². The van der Waals surface area contributed by atoms with Crippen LogP contribution in [0.4, 0.5) is 0 Å². The lowest BCUT2D eigenvalue weighted by Gasteiger charge is -2.27. The van der Waals surface area contributed by atoms with Crippen LogP contribution in [-0.2, 0) is 0 Å². The second kappa shape index (κ2) is 6.34. The topological polar surface area (TPSA) is 66.6 Å². The SMILES string of the molecule is CN(CC1(O)CCCC1)C(=O)c1cc(-c2cccc(Cl)c2)no1. The molecule has 0 radical (unpaired) electrons. The summed E-state index contributed by atoms with van der Waals surface area (Å²) in [4.78, 5) is 13.9. The lowest BCUT2D eigenvalue weighted by atomic mass is 10.0. The van der Waals surface area contributed by atoms with Crippen LogP contribution in [0.3, 0.4) is 0 Å². The zero-order valence-electron chi connectivity index (χ0n) is 13.0. The van der Waals surface area contributed by atoms with Gasteiger partial charge in [-0.3, -0.25) is 4.79 Å². The Hall–Kier alpha value is -1.85. The molecule has 1 heterocycles. The van der Waals surface area contributed by atoms with Gasteiger partial charge in [-0.25, -0.2) is 0 Å². The Morgan fingerprint density at radius 2 is 2.13 bits per heavy atom. The Bertz CT molecular complexity index is 707. The Balaban J connectivity index is 1.73. The molecule has 1 aromatic carbocycles. The maximum absolute atomic E-state index is 12.4. The minimum atomic E-state index is -0.778. The highest BCUT2D eigenvalue weighted by atomic mass is 35.5. The molecule has 0 unspecified atom stereocenters. The monoisotopic (exact) mass is 334 g/mol. The second-order valence-electron chi connectivity index (χ2n) is 6.18. The van der Waals surface area contributed by atoms with Gasteiger partial charge in [0.25, 0.3) is 5.91 Å². The van der Waals surface area contributed by atoms with E-state index in [1.165, 1.54) is 4.90 Å². The van der Waals surface area contributed by atoms with Crippen molar-refractivity contribution in [1.82, 2.24) is 10.1 Å². The number of carbonyl (C=O) groups excluding carboxylic acids is 1. The summed E-state index contributed by atoms with van der Waals surface area (Å²) in [6.07, 6.45) is 3.46. The van der Waals surface area contributed by atoms with E-state index in [2.05, 4.69) is 5.16 Å². The van der Waals surface area contributed by atoms with Crippen LogP contribution in [0.2, 0.25) is 5.02 Å². The van der Waals surface area contributed by atoms with Crippen molar-refractivity contribution < 1.29 is 14.4 Å². The number of aliphatic hydroxyl groups is 1. The minimum absolute atomic E-state index is 0.157. The molecule has 122 valence electrons. The first kappa shape index (κ1) is 16.0. The molecule has 1 fully saturated rings. The van der Waals surface area contributed by atoms with Crippen molar-refractivity contribution in [3.05, 3.63) is 41.1 Å². The molecule has 1 saturated carbocycles. The van der Waals surface area contributed by atoms with Crippen molar-refractivity contribution in [2.24, 2.45) is 0 Å². The molecular formula is C17H19ClN2O3. The quantitative estimate of drug-likeness (QED) is 0.930. The van der Waals surface area contributed by atoms with Gasteiger partial charge in [0.15, 0.2) is 0 Å². The molecular weight excluding hydrogens is 316 g/mol. The number of carbonyl (C=O) groups is 1. The maximum Gasteiger partial charge on any atom is 0.292 e. The van der Waals surface area contributed by atoms with Gasteiger partial charge in [-0.2, -0.15) is 0 Å². The molecule has 1 aliphatic rings. The first-order valence-electron chi connectivity index (χ1n) is 7.67. The third-order valence-electron chi connectivity index (χ3n) is 4.25. The standard InChI is InChI=1S/C17H19ClN2O3/c1-20(11-17(22)7-2-3-8-17)16(21)15-10-14(19-23-15)12-5-4-6-13(18)9-12/h4-6,9-10,22H,2-3,7-8,11H2,1H3. The van der Waals surface area contributed by atoms with Crippen LogP contribution in [0.1, 0.15) is 36.2 Å². The number of likely N-dealkylation sites (N-methyl/N-ethyl adjacent to an activating group) is 1. The molecule has 6 heteroatoms. The first-order valence-corrected chi connectivity index (χ1v) is 8.05. The average molecular weight is 335 g/mol. The maximum atomic E-state index is 12.4. The highest BCUT2D eigenvalue weighted by Gasteiger charge is 2.34. The summed E-state index contributed by atoms with van der Waals surface area (Å²) in [5.74, 6) is -0.129. The average Bonchev–Trinajstić information content (AvgIpc) is 3.16. The third-order valence-corrected chi connectivity index (χ3v) is 4.49. The number of amides is 1. The fourth-order valence-electron chi connectivity index (χ4n) is 3.05. The van der Waals surface area contributed by atoms with E-state index < -0.39 is 5.60 Å². The fraction of sp³-hybridized carbons (Fsp3) is 0.412. The molecule has 0 bridgehead atoms. The zero-order valence-corrected chi connectivity index (χ0v) is 13.7. The van der Waals surface area contributed by atoms with Crippen molar-refractivity contribution in [3.63, 3.8) is 0 Å². The Morgan fingerprint density at radius 1 is 1.39 bits per heavy atom. The molecule has 3 rings (SSSR count). The van der Waals surface area contributed by atoms with Crippen molar-refractivity contribution in [1.29, 1.82) is 0 Å². The third kappa shape index (κ3) is 3.57. The summed E-state index contributed by atoms with van der Waals surface area (Å²) < 4.78 is 5.17. The number of benzene rings is 1. The highest BCUT2D eigenvalue weighted by Crippen LogP contribution is 2.30. The van der Waals surface area contributed by atoms with Gasteiger partial charge in [-0.15, -0.1) is 0 Å². The predicted molar refractivity (Wildman–Crippen MR) is 87.3 cm³/mol. The van der Waals surface area contributed by atoms with Crippen LogP contribution in [0.25, 0.3) is 11.3 Å². The van der Waals surface area contributed by atoms with Gasteiger partial charge >= 0.3 is 0 Å². The van der Waals surface area contributed by atoms with E-state index in [1.807, 2.05) is 12.1 Å². The van der Waals surface area contributed by atoms with Crippen molar-refractivity contribution in [3.8, 4) is 11.3 Å². The smallest absolute Gasteiger partial charge is 0.292 e. The van der Waals surface area contributed by atoms with Gasteiger partial charge in [0.2, 0.25) is 5.76 Å². The molecule has 0 saturated heterocycles. The van der Waals surface area contributed by atoms with Gasteiger partial charge in [0.1, 0.15) is 5.69 Å². The van der Waals surface area contributed by atoms with Crippen molar-refractivity contribution >= 4 is 17.5 Å². The number of hydrogen-bond acceptors (Lipinski definition) is 4. The van der Waals surface area contributed by atoms with Crippen LogP contribution in [0.15, 0.2) is 34.9 Å². The minimum Gasteiger partial charge on any atom is -0.388 e. The van der Waals surface area contributed by atoms with Gasteiger partial charge in [-0.05, 0) is 25.0 Å². The highest BCUT2D eigenvalue weighted by molar-refractivity contribution is 6.30. The van der Waals surface area contributed by atoms with E-state index >= 15 is 0 Å². The van der Waals surface area contributed by atoms with Crippen LogP contribution < -0.4 is 0 Å². The normalized spacial score (nSPS) is 16.5. The summed E-state index contributed by atoms with van der Waals surface area (Å²) >= 11 is 5.96. The lowest BCUT2D eigenvalue weighted by Crippen LogP contribution is -2.41. The Morgan fingerprint density at radius 3 is 2.83 bits per heavy atom. The second-order valence-corrected chi connectivity index (χ2v) is 6.62. The van der Waals surface area contributed by atoms with E-state index in [1.54, 1.807) is 25.2 Å². The molecule has 23 heavy (non-hydrogen) atoms. The van der Waals surface area contributed by atoms with Crippen LogP contribution in [0, 0.1) is 0 Å². The first-order chi connectivity index (χ1) is 11.0. The van der Waals surface area contributed by atoms with E-state index in [-0.39, 0.29) is 11.7 Å². The summed E-state index contributed by atoms with van der Waals surface area (Å²) in [6, 6.07) is 8.80. The van der Waals surface area contributed by atoms with Gasteiger partial charge in [0.05, 0.1) is 5.60 Å². The summed E-state index contributed by atoms with van der Waals surface area (Å²) in [6.45, 7) is 0.305. The largest absolute Gasteiger partial charge is 0.388 e. The van der Waals surface area contributed by atoms with E-state index in [0.717, 1.165) is 31.2 Å². The lowest BCUT2D eigenvalue weighted by molar-refractivity contribution is 0.0144. The molecule has 1 aromatic heterocycles. The van der Waals surface area contributed by atoms with Crippen LogP contribution >= 0.6 is 11.6 Å². The number of halogens is 1. The molecule has 1 amide bonds. The zero-order chi connectivity index (χ0) is 16.4. The number of rotatable bonds is 4. The van der Waals surface area contributed by atoms with E-state index in [0.29, 0.717) is 17.3 Å². The summed E-state index contributed by atoms with van der Waals surface area (Å²) in [5, 5.41) is 14.9. The Labute approximate surface area is 139 Å². The van der Waals surface area contributed by atoms with Crippen molar-refractivity contribution in [2.75, 3.05) is 13.6 Å². The van der Waals surface area contributed by atoms with Gasteiger partial charge in [0, 0.05) is 30.2 Å². The molecule has 1 aliphatic carbocycles. The summed E-state index contributed by atoms with van der Waals surface area (Å²) in [7, 11) is 1.67. The Kier molecular flexibility index (Phi) is 4.41. The van der Waals surface area contributed by atoms with Crippen molar-refractivity contribution in [2.45, 2.75) is 31.3 Å². The van der Waals surface area contributed by atoms with Crippen LogP contribution in [-0.4, -0.2) is 40.3 Å². The van der Waals surface area contributed by atoms with Gasteiger partial charge in [-0.1, -0.05) is 41.7 Å². The van der Waals surface area contributed by atoms with E-state index in [4.69, 9.17) is 16.1 Å². The molecule has 1 N–H and O–H groups in total. The fourth-order valence-corrected chi connectivity index (χ4v) is 3.24. The number of nitrogens with zero attached hydrogens (tertiary/aromatic N) is 2. The van der Waals surface area contributed by atoms with E-state index in [9.17, 15) is 9.90 Å².